The van der Waals surface area contributed by atoms with Crippen LogP contribution in [0, 0.1) is 35.8 Å². The molecule has 0 unspecified atom stereocenters. The summed E-state index contributed by atoms with van der Waals surface area (Å²) in [5.74, 6) is 2.24. The lowest BCUT2D eigenvalue weighted by molar-refractivity contribution is -0.140. The highest BCUT2D eigenvalue weighted by Crippen LogP contribution is 2.37. The van der Waals surface area contributed by atoms with Gasteiger partial charge in [-0.25, -0.2) is 20.3 Å². The number of thiophene rings is 2. The van der Waals surface area contributed by atoms with E-state index in [0.29, 0.717) is 39.4 Å². The Hall–Kier alpha value is -7.88. The number of aliphatic hydroxyl groups excluding tert-OH is 2. The molecule has 2 aromatic heterocycles. The summed E-state index contributed by atoms with van der Waals surface area (Å²) in [6.45, 7) is 17.2. The van der Waals surface area contributed by atoms with Crippen LogP contribution in [0.5, 0.6) is 0 Å². The number of nitrogens with zero attached hydrogens (tertiary/aromatic N) is 4. The molecule has 6 aromatic rings. The highest BCUT2D eigenvalue weighted by Gasteiger charge is 2.26. The van der Waals surface area contributed by atoms with Gasteiger partial charge in [0.1, 0.15) is 6.04 Å². The Morgan fingerprint density at radius 3 is 1.46 bits per heavy atom. The van der Waals surface area contributed by atoms with Crippen LogP contribution in [-0.4, -0.2) is 63.3 Å². The van der Waals surface area contributed by atoms with Crippen LogP contribution in [0.1, 0.15) is 45.7 Å². The SMILES string of the molecule is N#Cc1ccc(C(=O)NN)cc1.[C-]#[N+]c1ccc(N[C@@H](C(=O)NNC(=O)c2ccc(C#N)cc2)[C@@H](C)O)c2ccsc12.[C-]#[N+]c1ccc(N[C@@H](C(=O)O)[C@@H](C)O)c2ccsc12. The summed E-state index contributed by atoms with van der Waals surface area (Å²) in [5, 5.41) is 57.0. The summed E-state index contributed by atoms with van der Waals surface area (Å²) in [6.07, 6.45) is -2.09. The lowest BCUT2D eigenvalue weighted by Gasteiger charge is -2.22. The second kappa shape index (κ2) is 21.8. The minimum Gasteiger partial charge on any atom is -0.480 e. The Morgan fingerprint density at radius 1 is 0.656 bits per heavy atom. The number of rotatable bonds is 10. The standard InChI is InChI=1S/C21H17N5O3S.C13H12N2O3S.C8H7N3O/c1-12(27)18(24-16-7-8-17(23-2)19-15(16)9-10-30-19)21(29)26-25-20(28)14-5-3-13(11-22)4-6-14;1-7(16)11(13(17)18)15-9-3-4-10(14-2)12-8(9)5-6-19-12;9-5-6-1-3-7(4-2-6)8(12)11-10/h3-10,12,18,24,27H,1H3,(H,25,28)(H,26,29);3-7,11,15-16H,1H3,(H,17,18);1-4H,10H2,(H,11,12)/t12-,18-;7-,11-;/m11./s1. The van der Waals surface area contributed by atoms with Gasteiger partial charge in [0.2, 0.25) is 11.4 Å². The van der Waals surface area contributed by atoms with Gasteiger partial charge in [-0.15, -0.1) is 0 Å². The second-order valence-electron chi connectivity index (χ2n) is 12.7. The van der Waals surface area contributed by atoms with Gasteiger partial charge in [0.25, 0.3) is 17.7 Å². The number of nitrogens with two attached hydrogens (primary N) is 1. The zero-order valence-electron chi connectivity index (χ0n) is 32.2. The molecule has 308 valence electrons. The van der Waals surface area contributed by atoms with E-state index in [1.54, 1.807) is 48.5 Å². The van der Waals surface area contributed by atoms with Gasteiger partial charge in [-0.2, -0.15) is 33.2 Å². The quantitative estimate of drug-likeness (QED) is 0.0342. The molecule has 2 heterocycles. The van der Waals surface area contributed by atoms with Gasteiger partial charge in [0, 0.05) is 42.7 Å². The molecule has 19 heteroatoms. The van der Waals surface area contributed by atoms with E-state index in [9.17, 15) is 29.4 Å². The number of hydrazine groups is 2. The number of hydrogen-bond acceptors (Lipinski definition) is 13. The van der Waals surface area contributed by atoms with Gasteiger partial charge in [0.15, 0.2) is 6.04 Å². The first-order valence-electron chi connectivity index (χ1n) is 17.8. The third kappa shape index (κ3) is 11.8. The lowest BCUT2D eigenvalue weighted by atomic mass is 10.1. The van der Waals surface area contributed by atoms with Gasteiger partial charge in [-0.1, -0.05) is 12.1 Å². The average Bonchev–Trinajstić information content (AvgIpc) is 3.98. The summed E-state index contributed by atoms with van der Waals surface area (Å²) in [5.41, 5.74) is 10.5. The number of nitrogens with one attached hydrogen (secondary N) is 5. The zero-order valence-corrected chi connectivity index (χ0v) is 33.8. The van der Waals surface area contributed by atoms with Crippen molar-refractivity contribution in [3.8, 4) is 12.1 Å². The number of amides is 3. The Labute approximate surface area is 356 Å². The van der Waals surface area contributed by atoms with Crippen molar-refractivity contribution in [2.24, 2.45) is 5.84 Å². The molecule has 4 atom stereocenters. The number of nitriles is 2. The lowest BCUT2D eigenvalue weighted by Crippen LogP contribution is -2.52. The Kier molecular flexibility index (Phi) is 16.3. The first-order valence-corrected chi connectivity index (χ1v) is 19.5. The molecule has 6 rings (SSSR count). The fourth-order valence-electron chi connectivity index (χ4n) is 5.40. The minimum absolute atomic E-state index is 0.269. The third-order valence-corrected chi connectivity index (χ3v) is 10.4. The molecule has 0 bridgehead atoms. The van der Waals surface area contributed by atoms with Crippen molar-refractivity contribution in [2.75, 3.05) is 10.6 Å². The first-order chi connectivity index (χ1) is 29.3. The van der Waals surface area contributed by atoms with E-state index in [2.05, 4.69) is 31.2 Å². The maximum absolute atomic E-state index is 12.6. The van der Waals surface area contributed by atoms with E-state index < -0.39 is 42.1 Å². The predicted molar refractivity (Wildman–Crippen MR) is 232 cm³/mol. The molecule has 10 N–H and O–H groups in total. The molecular formula is C42H36N10O7S2. The molecule has 0 aliphatic heterocycles. The van der Waals surface area contributed by atoms with Gasteiger partial charge in [-0.3, -0.25) is 30.7 Å². The number of nitrogen functional groups attached to an aromatic ring is 1. The van der Waals surface area contributed by atoms with Crippen molar-refractivity contribution in [3.05, 3.63) is 141 Å². The molecular weight excluding hydrogens is 821 g/mol. The molecule has 0 spiro atoms. The van der Waals surface area contributed by atoms with Gasteiger partial charge in [-0.05, 0) is 97.4 Å². The zero-order chi connectivity index (χ0) is 44.6. The number of carboxylic acid groups (broad SMARTS) is 1. The van der Waals surface area contributed by atoms with Crippen LogP contribution in [-0.2, 0) is 9.59 Å². The predicted octanol–water partition coefficient (Wildman–Crippen LogP) is 5.81. The van der Waals surface area contributed by atoms with Crippen molar-refractivity contribution in [3.63, 3.8) is 0 Å². The largest absolute Gasteiger partial charge is 0.480 e. The number of fused-ring (bicyclic) bond motifs is 2. The normalized spacial score (nSPS) is 12.0. The summed E-state index contributed by atoms with van der Waals surface area (Å²) >= 11 is 2.85. The molecule has 0 aliphatic carbocycles. The fourth-order valence-corrected chi connectivity index (χ4v) is 7.15. The fraction of sp³-hybridized carbons (Fsp3) is 0.143. The Balaban J connectivity index is 0.000000224. The van der Waals surface area contributed by atoms with Crippen molar-refractivity contribution >= 4 is 89.3 Å². The van der Waals surface area contributed by atoms with E-state index in [0.717, 1.165) is 20.2 Å². The highest BCUT2D eigenvalue weighted by molar-refractivity contribution is 7.18. The van der Waals surface area contributed by atoms with E-state index >= 15 is 0 Å². The molecule has 61 heavy (non-hydrogen) atoms. The maximum Gasteiger partial charge on any atom is 0.328 e. The molecule has 0 fully saturated rings. The average molecular weight is 857 g/mol. The van der Waals surface area contributed by atoms with Crippen molar-refractivity contribution in [1.29, 1.82) is 10.5 Å². The summed E-state index contributed by atoms with van der Waals surface area (Å²) < 4.78 is 1.60. The maximum atomic E-state index is 12.6. The van der Waals surface area contributed by atoms with Crippen LogP contribution in [0.25, 0.3) is 29.9 Å². The molecule has 17 nitrogen and oxygen atoms in total. The molecule has 0 saturated carbocycles. The molecule has 0 saturated heterocycles. The Bertz CT molecular complexity index is 2700. The van der Waals surface area contributed by atoms with Gasteiger partial charge >= 0.3 is 5.97 Å². The Morgan fingerprint density at radius 2 is 1.08 bits per heavy atom. The monoisotopic (exact) mass is 856 g/mol. The van der Waals surface area contributed by atoms with Crippen molar-refractivity contribution in [1.82, 2.24) is 16.3 Å². The molecule has 0 radical (unpaired) electrons. The van der Waals surface area contributed by atoms with Crippen LogP contribution in [0.2, 0.25) is 0 Å². The van der Waals surface area contributed by atoms with Crippen molar-refractivity contribution in [2.45, 2.75) is 38.1 Å². The van der Waals surface area contributed by atoms with E-state index in [-0.39, 0.29) is 11.5 Å². The number of carboxylic acids is 1. The van der Waals surface area contributed by atoms with E-state index in [1.807, 2.05) is 40.5 Å². The minimum atomic E-state index is -1.12. The third-order valence-electron chi connectivity index (χ3n) is 8.55. The number of hydrogen-bond donors (Lipinski definition) is 9. The van der Waals surface area contributed by atoms with Crippen LogP contribution in [0.3, 0.4) is 0 Å². The molecule has 4 aromatic carbocycles. The summed E-state index contributed by atoms with van der Waals surface area (Å²) in [6, 6.07) is 24.2. The molecule has 0 aliphatic rings. The number of aliphatic hydroxyl groups is 2. The van der Waals surface area contributed by atoms with E-state index in [1.165, 1.54) is 60.8 Å². The molecule has 3 amide bonds. The second-order valence-corrected chi connectivity index (χ2v) is 14.5. The summed E-state index contributed by atoms with van der Waals surface area (Å²) in [7, 11) is 0. The first kappa shape index (κ1) is 45.8. The summed E-state index contributed by atoms with van der Waals surface area (Å²) in [4.78, 5) is 53.7. The number of aliphatic carboxylic acids is 1. The number of carbonyl (C=O) groups is 4. The van der Waals surface area contributed by atoms with Gasteiger partial charge in [0.05, 0.1) is 48.6 Å². The van der Waals surface area contributed by atoms with Crippen LogP contribution < -0.4 is 32.8 Å². The number of anilines is 2. The van der Waals surface area contributed by atoms with Crippen LogP contribution in [0.15, 0.2) is 95.7 Å². The van der Waals surface area contributed by atoms with Crippen LogP contribution >= 0.6 is 22.7 Å². The topological polar surface area (TPSA) is 271 Å². The highest BCUT2D eigenvalue weighted by atomic mass is 32.1. The number of benzene rings is 4. The van der Waals surface area contributed by atoms with Crippen molar-refractivity contribution < 1.29 is 34.5 Å². The van der Waals surface area contributed by atoms with E-state index in [4.69, 9.17) is 34.6 Å². The van der Waals surface area contributed by atoms with Crippen LogP contribution in [0.4, 0.5) is 22.7 Å². The van der Waals surface area contributed by atoms with Gasteiger partial charge < -0.3 is 26.0 Å². The smallest absolute Gasteiger partial charge is 0.328 e. The number of carbonyl (C=O) groups excluding carboxylic acids is 3.